The third kappa shape index (κ3) is 5.47. The molecule has 182 valence electrons. The van der Waals surface area contributed by atoms with Crippen molar-refractivity contribution in [2.24, 2.45) is 5.92 Å². The molecule has 0 spiro atoms. The number of ether oxygens (including phenoxy) is 3. The second-order valence-corrected chi connectivity index (χ2v) is 10.1. The van der Waals surface area contributed by atoms with E-state index in [1.807, 2.05) is 26.0 Å². The number of rotatable bonds is 7. The van der Waals surface area contributed by atoms with E-state index in [4.69, 9.17) is 18.6 Å². The van der Waals surface area contributed by atoms with E-state index in [9.17, 15) is 0 Å². The summed E-state index contributed by atoms with van der Waals surface area (Å²) < 4.78 is 24.1. The Bertz CT molecular complexity index is 1100. The van der Waals surface area contributed by atoms with Crippen LogP contribution in [0, 0.1) is 19.8 Å². The quantitative estimate of drug-likeness (QED) is 0.445. The molecule has 0 aliphatic carbocycles. The van der Waals surface area contributed by atoms with Gasteiger partial charge in [0.25, 0.3) is 5.22 Å². The van der Waals surface area contributed by atoms with E-state index in [0.717, 1.165) is 77.7 Å². The van der Waals surface area contributed by atoms with Gasteiger partial charge < -0.3 is 23.5 Å². The Balaban J connectivity index is 1.44. The van der Waals surface area contributed by atoms with Crippen molar-refractivity contribution in [1.82, 2.24) is 19.9 Å². The minimum absolute atomic E-state index is 0.0883. The third-order valence-electron chi connectivity index (χ3n) is 6.62. The minimum Gasteiger partial charge on any atom is -0.493 e. The number of nitrogens with zero attached hydrogens (tertiary/aromatic N) is 4. The van der Waals surface area contributed by atoms with Crippen molar-refractivity contribution in [1.29, 1.82) is 0 Å². The van der Waals surface area contributed by atoms with Gasteiger partial charge >= 0.3 is 0 Å². The second-order valence-electron chi connectivity index (χ2n) is 9.21. The molecule has 0 atom stereocenters. The lowest BCUT2D eigenvalue weighted by molar-refractivity contribution is 0.0260. The monoisotopic (exact) mass is 484 g/mol. The summed E-state index contributed by atoms with van der Waals surface area (Å²) in [6, 6.07) is 3.98. The van der Waals surface area contributed by atoms with Crippen LogP contribution >= 0.6 is 11.8 Å². The fourth-order valence-corrected chi connectivity index (χ4v) is 5.26. The summed E-state index contributed by atoms with van der Waals surface area (Å²) >= 11 is 1.39. The third-order valence-corrected chi connectivity index (χ3v) is 7.47. The lowest BCUT2D eigenvalue weighted by Crippen LogP contribution is -2.32. The molecule has 9 heteroatoms. The zero-order valence-electron chi connectivity index (χ0n) is 20.1. The van der Waals surface area contributed by atoms with Gasteiger partial charge in [-0.15, -0.1) is 0 Å². The fourth-order valence-electron chi connectivity index (χ4n) is 4.34. The Morgan fingerprint density at radius 2 is 1.88 bits per heavy atom. The molecule has 0 bridgehead atoms. The van der Waals surface area contributed by atoms with Crippen molar-refractivity contribution in [2.75, 3.05) is 40.0 Å². The molecule has 2 aromatic heterocycles. The Hall–Kier alpha value is -2.36. The van der Waals surface area contributed by atoms with E-state index in [0.29, 0.717) is 31.0 Å². The highest BCUT2D eigenvalue weighted by molar-refractivity contribution is 7.99. The average Bonchev–Trinajstić information content (AvgIpc) is 3.16. The summed E-state index contributed by atoms with van der Waals surface area (Å²) in [6.45, 7) is 8.23. The Morgan fingerprint density at radius 1 is 1.09 bits per heavy atom. The predicted octanol–water partition coefficient (Wildman–Crippen LogP) is 4.66. The van der Waals surface area contributed by atoms with Crippen LogP contribution in [0.5, 0.6) is 11.5 Å². The molecule has 34 heavy (non-hydrogen) atoms. The molecule has 2 aliphatic heterocycles. The van der Waals surface area contributed by atoms with Crippen LogP contribution in [-0.4, -0.2) is 65.9 Å². The van der Waals surface area contributed by atoms with Gasteiger partial charge in [0.2, 0.25) is 0 Å². The van der Waals surface area contributed by atoms with Gasteiger partial charge in [0.05, 0.1) is 36.4 Å². The average molecular weight is 485 g/mol. The van der Waals surface area contributed by atoms with Crippen LogP contribution in [0.1, 0.15) is 37.1 Å². The molecule has 0 unspecified atom stereocenters. The second kappa shape index (κ2) is 10.5. The van der Waals surface area contributed by atoms with E-state index in [2.05, 4.69) is 26.9 Å². The maximum atomic E-state index is 6.51. The Kier molecular flexibility index (Phi) is 7.22. The molecule has 4 heterocycles. The van der Waals surface area contributed by atoms with E-state index in [-0.39, 0.29) is 6.10 Å². The molecular weight excluding hydrogens is 452 g/mol. The summed E-state index contributed by atoms with van der Waals surface area (Å²) in [4.78, 5) is 16.0. The molecule has 3 aromatic rings. The molecule has 2 aliphatic rings. The van der Waals surface area contributed by atoms with Gasteiger partial charge in [-0.25, -0.2) is 15.0 Å². The number of aryl methyl sites for hydroxylation is 2. The minimum atomic E-state index is 0.0883. The first-order valence-electron chi connectivity index (χ1n) is 12.0. The first-order chi connectivity index (χ1) is 16.5. The van der Waals surface area contributed by atoms with Crippen LogP contribution in [0.4, 0.5) is 0 Å². The molecule has 0 N–H and O–H groups in total. The highest BCUT2D eigenvalue weighted by Crippen LogP contribution is 2.39. The summed E-state index contributed by atoms with van der Waals surface area (Å²) in [5, 5.41) is 2.18. The lowest BCUT2D eigenvalue weighted by Gasteiger charge is -2.29. The number of piperidine rings is 1. The standard InChI is InChI=1S/C25H32N4O4S/c1-16-17(2)32-25(28-16)34-24-23-21(26-15-27-24)12-20(31-14-18-4-8-29(3)9-5-18)13-22(23)33-19-6-10-30-11-7-19/h12-13,15,18-19H,4-11,14H2,1-3H3. The van der Waals surface area contributed by atoms with Crippen molar-refractivity contribution in [2.45, 2.75) is 55.9 Å². The zero-order valence-corrected chi connectivity index (χ0v) is 20.9. The molecule has 0 amide bonds. The summed E-state index contributed by atoms with van der Waals surface area (Å²) in [6.07, 6.45) is 5.70. The van der Waals surface area contributed by atoms with Crippen molar-refractivity contribution in [3.63, 3.8) is 0 Å². The molecular formula is C25H32N4O4S. The van der Waals surface area contributed by atoms with Crippen LogP contribution in [0.25, 0.3) is 10.9 Å². The molecule has 0 radical (unpaired) electrons. The van der Waals surface area contributed by atoms with Gasteiger partial charge in [-0.1, -0.05) is 0 Å². The normalized spacial score (nSPS) is 18.4. The highest BCUT2D eigenvalue weighted by atomic mass is 32.2. The summed E-state index contributed by atoms with van der Waals surface area (Å²) in [5.74, 6) is 2.90. The maximum Gasteiger partial charge on any atom is 0.262 e. The van der Waals surface area contributed by atoms with Crippen LogP contribution in [0.3, 0.4) is 0 Å². The summed E-state index contributed by atoms with van der Waals surface area (Å²) in [5.41, 5.74) is 1.67. The van der Waals surface area contributed by atoms with Crippen LogP contribution in [0.15, 0.2) is 33.1 Å². The number of fused-ring (bicyclic) bond motifs is 1. The maximum absolute atomic E-state index is 6.51. The van der Waals surface area contributed by atoms with Crippen molar-refractivity contribution >= 4 is 22.7 Å². The van der Waals surface area contributed by atoms with Gasteiger partial charge in [0, 0.05) is 25.0 Å². The Labute approximate surface area is 204 Å². The molecule has 0 saturated carbocycles. The SMILES string of the molecule is Cc1nc(Sc2ncnc3cc(OCC4CCN(C)CC4)cc(OC4CCOCC4)c23)oc1C. The smallest absolute Gasteiger partial charge is 0.262 e. The highest BCUT2D eigenvalue weighted by Gasteiger charge is 2.22. The largest absolute Gasteiger partial charge is 0.493 e. The number of hydrogen-bond acceptors (Lipinski definition) is 9. The van der Waals surface area contributed by atoms with Gasteiger partial charge in [0.15, 0.2) is 0 Å². The lowest BCUT2D eigenvalue weighted by atomic mass is 9.98. The van der Waals surface area contributed by atoms with Crippen LogP contribution in [0.2, 0.25) is 0 Å². The van der Waals surface area contributed by atoms with E-state index >= 15 is 0 Å². The number of hydrogen-bond donors (Lipinski definition) is 0. The molecule has 2 fully saturated rings. The van der Waals surface area contributed by atoms with Crippen molar-refractivity contribution in [3.05, 3.63) is 29.9 Å². The first kappa shape index (κ1) is 23.4. The van der Waals surface area contributed by atoms with Gasteiger partial charge in [0.1, 0.15) is 34.7 Å². The topological polar surface area (TPSA) is 82.7 Å². The van der Waals surface area contributed by atoms with E-state index < -0.39 is 0 Å². The predicted molar refractivity (Wildman–Crippen MR) is 130 cm³/mol. The van der Waals surface area contributed by atoms with E-state index in [1.165, 1.54) is 11.8 Å². The number of oxazole rings is 1. The van der Waals surface area contributed by atoms with Gasteiger partial charge in [-0.05, 0) is 64.5 Å². The Morgan fingerprint density at radius 3 is 2.62 bits per heavy atom. The molecule has 5 rings (SSSR count). The fraction of sp³-hybridized carbons (Fsp3) is 0.560. The molecule has 8 nitrogen and oxygen atoms in total. The van der Waals surface area contributed by atoms with Gasteiger partial charge in [-0.2, -0.15) is 0 Å². The van der Waals surface area contributed by atoms with E-state index in [1.54, 1.807) is 6.33 Å². The number of aromatic nitrogens is 3. The molecule has 1 aromatic carbocycles. The first-order valence-corrected chi connectivity index (χ1v) is 12.8. The van der Waals surface area contributed by atoms with Gasteiger partial charge in [-0.3, -0.25) is 0 Å². The van der Waals surface area contributed by atoms with Crippen LogP contribution < -0.4 is 9.47 Å². The van der Waals surface area contributed by atoms with Crippen molar-refractivity contribution in [3.8, 4) is 11.5 Å². The number of likely N-dealkylation sites (tertiary alicyclic amines) is 1. The van der Waals surface area contributed by atoms with Crippen molar-refractivity contribution < 1.29 is 18.6 Å². The zero-order chi connectivity index (χ0) is 23.5. The molecule has 2 saturated heterocycles. The summed E-state index contributed by atoms with van der Waals surface area (Å²) in [7, 11) is 2.18. The van der Waals surface area contributed by atoms with Crippen LogP contribution in [-0.2, 0) is 4.74 Å². The number of benzene rings is 1.